The highest BCUT2D eigenvalue weighted by Crippen LogP contribution is 2.62. The van der Waals surface area contributed by atoms with Gasteiger partial charge in [0.15, 0.2) is 0 Å². The molecule has 378 valence electrons. The van der Waals surface area contributed by atoms with Gasteiger partial charge in [-0.1, -0.05) is 98.3 Å². The Morgan fingerprint density at radius 2 is 1.58 bits per heavy atom. The minimum atomic E-state index is -1.50. The predicted octanol–water partition coefficient (Wildman–Crippen LogP) is 12.5. The molecule has 2 fully saturated rings. The monoisotopic (exact) mass is 979 g/mol. The van der Waals surface area contributed by atoms with Crippen molar-refractivity contribution >= 4 is 28.1 Å². The van der Waals surface area contributed by atoms with Gasteiger partial charge in [0.2, 0.25) is 11.7 Å². The summed E-state index contributed by atoms with van der Waals surface area (Å²) in [7, 11) is 0. The van der Waals surface area contributed by atoms with E-state index in [0.717, 1.165) is 85.3 Å². The number of fused-ring (bicyclic) bond motifs is 3. The molecule has 6 unspecified atom stereocenters. The van der Waals surface area contributed by atoms with Gasteiger partial charge in [-0.25, -0.2) is 4.39 Å². The van der Waals surface area contributed by atoms with E-state index in [1.165, 1.54) is 24.3 Å². The molecule has 5 aromatic rings. The maximum atomic E-state index is 15.3. The predicted molar refractivity (Wildman–Crippen MR) is 275 cm³/mol. The van der Waals surface area contributed by atoms with Crippen LogP contribution in [0.2, 0.25) is 0 Å². The summed E-state index contributed by atoms with van der Waals surface area (Å²) in [6.45, 7) is 4.49. The Bertz CT molecular complexity index is 2740. The number of unbranched alkanes of at least 4 members (excludes halogenated alkanes) is 2. The number of halogens is 1. The number of amides is 1. The van der Waals surface area contributed by atoms with Gasteiger partial charge in [-0.2, -0.15) is 0 Å². The fourth-order valence-corrected chi connectivity index (χ4v) is 11.9. The number of carbonyl (C=O) groups excluding carboxylic acids is 1. The van der Waals surface area contributed by atoms with Gasteiger partial charge >= 0.3 is 0 Å². The summed E-state index contributed by atoms with van der Waals surface area (Å²) in [4.78, 5) is 34.5. The van der Waals surface area contributed by atoms with Crippen LogP contribution in [0.4, 0.5) is 10.1 Å². The van der Waals surface area contributed by atoms with E-state index in [2.05, 4.69) is 30.9 Å². The van der Waals surface area contributed by atoms with Crippen LogP contribution in [-0.2, 0) is 27.5 Å². The first-order valence-corrected chi connectivity index (χ1v) is 25.8. The van der Waals surface area contributed by atoms with Crippen molar-refractivity contribution in [1.82, 2.24) is 4.90 Å². The molecule has 6 atom stereocenters. The van der Waals surface area contributed by atoms with Gasteiger partial charge in [-0.3, -0.25) is 14.9 Å². The topological polar surface area (TPSA) is 153 Å². The Morgan fingerprint density at radius 1 is 0.875 bits per heavy atom. The molecule has 0 bridgehead atoms. The molecule has 5 aromatic carbocycles. The lowest BCUT2D eigenvalue weighted by atomic mass is 9.55. The van der Waals surface area contributed by atoms with Crippen LogP contribution in [0.1, 0.15) is 106 Å². The van der Waals surface area contributed by atoms with E-state index in [4.69, 9.17) is 24.2 Å². The first kappa shape index (κ1) is 50.5. The first-order valence-electron chi connectivity index (χ1n) is 25.8. The van der Waals surface area contributed by atoms with E-state index < -0.39 is 22.7 Å². The van der Waals surface area contributed by atoms with Crippen LogP contribution in [0.15, 0.2) is 139 Å². The number of non-ortho nitro benzene ring substituents is 1. The summed E-state index contributed by atoms with van der Waals surface area (Å²) < 4.78 is 36.0. The van der Waals surface area contributed by atoms with Crippen LogP contribution < -0.4 is 9.47 Å². The Kier molecular flexibility index (Phi) is 16.4. The molecular formula is C59H66FN3O9. The van der Waals surface area contributed by atoms with E-state index in [-0.39, 0.29) is 74.6 Å². The fraction of sp³-hybridized carbons (Fsp3) is 0.424. The number of nitro benzene ring substituents is 1. The number of rotatable bonds is 23. The highest BCUT2D eigenvalue weighted by atomic mass is 19.1. The standard InChI is InChI=1S/C59H66FN3O9/c1-2-33-69-59-55(62(38-41-17-23-46(60)24-18-41)56(66)30-21-40-11-3-4-12-40)37-53(61-70-39-42-19-25-47(26-20-42)63(67)68)51-35-45(15-7-9-31-64)50(16-8-10-32-65)57(58(51)59)52-36-49(28-29-54(52)72-59)71-48-27-22-43-13-5-6-14-44(43)34-48/h2,5-6,13-14,17-20,22-29,34-36,40,45,50,55,57-58,64-65H,1,3-4,7-12,15-16,21,30-33,37-39H2. The Hall–Kier alpha value is -6.41. The molecule has 0 saturated heterocycles. The molecule has 2 saturated carbocycles. The number of allylic oxidation sites excluding steroid dienone is 1. The number of benzene rings is 5. The van der Waals surface area contributed by atoms with E-state index in [1.807, 2.05) is 47.4 Å². The SMILES string of the molecule is C=CCOC12Oc3ccc(Oc4ccc5ccccc5c4)cc3C3C(CCCCO)C(CCCCO)C=C(C(=NOCc4ccc([N+](=O)[O-])cc4)CC1N(Cc1ccc(F)cc1)C(=O)CCC1CCCC1)C32. The zero-order valence-corrected chi connectivity index (χ0v) is 40.9. The number of nitro groups is 1. The zero-order valence-electron chi connectivity index (χ0n) is 40.9. The number of oxime groups is 1. The molecule has 72 heavy (non-hydrogen) atoms. The van der Waals surface area contributed by atoms with Gasteiger partial charge < -0.3 is 34.2 Å². The smallest absolute Gasteiger partial charge is 0.269 e. The van der Waals surface area contributed by atoms with E-state index in [9.17, 15) is 24.7 Å². The summed E-state index contributed by atoms with van der Waals surface area (Å²) in [6.07, 6.45) is 14.0. The van der Waals surface area contributed by atoms with Crippen molar-refractivity contribution in [2.45, 2.75) is 114 Å². The molecule has 4 aliphatic rings. The van der Waals surface area contributed by atoms with Crippen LogP contribution >= 0.6 is 0 Å². The molecule has 13 heteroatoms. The third kappa shape index (κ3) is 11.3. The number of hydrogen-bond donors (Lipinski definition) is 2. The van der Waals surface area contributed by atoms with Crippen LogP contribution in [0.25, 0.3) is 10.8 Å². The quantitative estimate of drug-likeness (QED) is 0.0282. The highest BCUT2D eigenvalue weighted by Gasteiger charge is 2.65. The van der Waals surface area contributed by atoms with Crippen LogP contribution in [0.5, 0.6) is 17.2 Å². The number of aliphatic hydroxyl groups excluding tert-OH is 2. The average Bonchev–Trinajstić information content (AvgIpc) is 3.93. The van der Waals surface area contributed by atoms with E-state index >= 15 is 4.79 Å². The lowest BCUT2D eigenvalue weighted by Crippen LogP contribution is -2.70. The largest absolute Gasteiger partial charge is 0.459 e. The van der Waals surface area contributed by atoms with Crippen molar-refractivity contribution in [3.05, 3.63) is 166 Å². The summed E-state index contributed by atoms with van der Waals surface area (Å²) in [5, 5.41) is 38.8. The second-order valence-corrected chi connectivity index (χ2v) is 19.9. The summed E-state index contributed by atoms with van der Waals surface area (Å²) in [5.74, 6) is -0.444. The third-order valence-corrected chi connectivity index (χ3v) is 15.4. The third-order valence-electron chi connectivity index (χ3n) is 15.4. The molecule has 0 spiro atoms. The van der Waals surface area contributed by atoms with Gasteiger partial charge in [0.05, 0.1) is 23.2 Å². The molecular weight excluding hydrogens is 914 g/mol. The minimum absolute atomic E-state index is 0.000561. The number of aliphatic hydroxyl groups is 2. The van der Waals surface area contributed by atoms with Crippen LogP contribution in [0, 0.1) is 39.6 Å². The molecule has 1 heterocycles. The molecule has 12 nitrogen and oxygen atoms in total. The molecule has 1 aliphatic heterocycles. The van der Waals surface area contributed by atoms with Crippen molar-refractivity contribution in [1.29, 1.82) is 0 Å². The highest BCUT2D eigenvalue weighted by molar-refractivity contribution is 6.03. The molecule has 0 radical (unpaired) electrons. The Labute approximate surface area is 421 Å². The van der Waals surface area contributed by atoms with Crippen molar-refractivity contribution in [3.8, 4) is 17.2 Å². The molecule has 0 aromatic heterocycles. The number of carbonyl (C=O) groups is 1. The number of hydrogen-bond acceptors (Lipinski definition) is 10. The lowest BCUT2D eigenvalue weighted by molar-refractivity contribution is -0.384. The second kappa shape index (κ2) is 23.4. The van der Waals surface area contributed by atoms with E-state index in [1.54, 1.807) is 30.3 Å². The maximum absolute atomic E-state index is 15.3. The number of nitrogens with zero attached hydrogens (tertiary/aromatic N) is 3. The summed E-state index contributed by atoms with van der Waals surface area (Å²) in [6, 6.07) is 31.8. The average molecular weight is 980 g/mol. The van der Waals surface area contributed by atoms with Crippen molar-refractivity contribution in [3.63, 3.8) is 0 Å². The fourth-order valence-electron chi connectivity index (χ4n) is 11.9. The van der Waals surface area contributed by atoms with Gasteiger partial charge in [0.1, 0.15) is 35.7 Å². The second-order valence-electron chi connectivity index (χ2n) is 19.9. The molecule has 1 amide bonds. The number of ether oxygens (including phenoxy) is 3. The normalized spacial score (nSPS) is 22.9. The Morgan fingerprint density at radius 3 is 2.32 bits per heavy atom. The van der Waals surface area contributed by atoms with Gasteiger partial charge in [-0.15, -0.1) is 6.58 Å². The van der Waals surface area contributed by atoms with Gasteiger partial charge in [0, 0.05) is 56.2 Å². The van der Waals surface area contributed by atoms with E-state index in [0.29, 0.717) is 53.7 Å². The van der Waals surface area contributed by atoms with Crippen LogP contribution in [-0.4, -0.2) is 63.3 Å². The van der Waals surface area contributed by atoms with Gasteiger partial charge in [-0.05, 0) is 132 Å². The molecule has 9 rings (SSSR count). The molecule has 2 N–H and O–H groups in total. The summed E-state index contributed by atoms with van der Waals surface area (Å²) in [5.41, 5.74) is 3.83. The van der Waals surface area contributed by atoms with Crippen molar-refractivity contribution in [2.75, 3.05) is 19.8 Å². The summed E-state index contributed by atoms with van der Waals surface area (Å²) >= 11 is 0. The first-order chi connectivity index (χ1) is 35.2. The molecule has 3 aliphatic carbocycles. The van der Waals surface area contributed by atoms with Gasteiger partial charge in [0.25, 0.3) is 5.69 Å². The van der Waals surface area contributed by atoms with Crippen molar-refractivity contribution in [2.24, 2.45) is 28.8 Å². The maximum Gasteiger partial charge on any atom is 0.269 e. The van der Waals surface area contributed by atoms with Crippen LogP contribution in [0.3, 0.4) is 0 Å². The Balaban J connectivity index is 1.22. The van der Waals surface area contributed by atoms with Crippen molar-refractivity contribution < 1.29 is 43.4 Å². The zero-order chi connectivity index (χ0) is 50.0. The minimum Gasteiger partial charge on any atom is -0.459 e. The lowest BCUT2D eigenvalue weighted by Gasteiger charge is -2.60.